The molecule has 0 bridgehead atoms. The van der Waals surface area contributed by atoms with E-state index >= 15 is 0 Å². The number of carboxylic acid groups (broad SMARTS) is 1. The molecule has 2 aliphatic heterocycles. The van der Waals surface area contributed by atoms with Gasteiger partial charge >= 0.3 is 12.1 Å². The Morgan fingerprint density at radius 3 is 2.61 bits per heavy atom. The van der Waals surface area contributed by atoms with Gasteiger partial charge in [0.1, 0.15) is 5.65 Å². The van der Waals surface area contributed by atoms with Gasteiger partial charge in [-0.15, -0.1) is 0 Å². The molecule has 41 heavy (non-hydrogen) atoms. The molecule has 0 aliphatic carbocycles. The number of nitrogens with one attached hydrogen (secondary N) is 2. The molecule has 2 saturated heterocycles. The van der Waals surface area contributed by atoms with Crippen molar-refractivity contribution in [2.45, 2.75) is 6.18 Å². The topological polar surface area (TPSA) is 139 Å². The maximum Gasteiger partial charge on any atom is 0.490 e. The van der Waals surface area contributed by atoms with Crippen LogP contribution in [0, 0.1) is 11.8 Å². The Hall–Kier alpha value is -4.75. The van der Waals surface area contributed by atoms with E-state index in [1.54, 1.807) is 18.2 Å². The highest BCUT2D eigenvalue weighted by atomic mass is 19.4. The number of ether oxygens (including phenoxy) is 2. The smallest absolute Gasteiger partial charge is 0.490 e. The first-order valence-electron chi connectivity index (χ1n) is 12.6. The Morgan fingerprint density at radius 1 is 1.20 bits per heavy atom. The largest absolute Gasteiger partial charge is 0.493 e. The van der Waals surface area contributed by atoms with Gasteiger partial charge in [-0.1, -0.05) is 0 Å². The van der Waals surface area contributed by atoms with E-state index in [-0.39, 0.29) is 30.3 Å². The van der Waals surface area contributed by atoms with Gasteiger partial charge in [0, 0.05) is 73.1 Å². The Bertz CT molecular complexity index is 1610. The predicted molar refractivity (Wildman–Crippen MR) is 140 cm³/mol. The summed E-state index contributed by atoms with van der Waals surface area (Å²) < 4.78 is 45.3. The Balaban J connectivity index is 0.000000431. The summed E-state index contributed by atoms with van der Waals surface area (Å²) in [6, 6.07) is 9.86. The first kappa shape index (κ1) is 27.8. The lowest BCUT2D eigenvalue weighted by Crippen LogP contribution is -2.36. The molecular weight excluding hydrogens is 547 g/mol. The van der Waals surface area contributed by atoms with Crippen LogP contribution in [0.1, 0.15) is 0 Å². The highest BCUT2D eigenvalue weighted by Gasteiger charge is 2.43. The molecular formula is C27H26F3N5O6. The van der Waals surface area contributed by atoms with Gasteiger partial charge in [0.05, 0.1) is 18.5 Å². The quantitative estimate of drug-likeness (QED) is 0.334. The minimum Gasteiger partial charge on any atom is -0.493 e. The number of aliphatic carboxylic acids is 1. The van der Waals surface area contributed by atoms with Crippen molar-refractivity contribution in [3.63, 3.8) is 0 Å². The number of methoxy groups -OCH3 is 1. The standard InChI is InChI=1S/C25H25N5O4.C2HF3O2/c1-29-11-18(19-6-14-4-3-5-26-24(14)28-19)16-7-21(33-2)22(8-20(16)29)34-13-23(31)30-10-15-9-27-25(32)17(15)12-30;3-2(4,5)1(6)7/h3-8,11,15,17H,9-10,12-13H2,1-2H3,(H,26,28)(H,27,32);(H,6,7)/t15-,17+;/m0./s1. The lowest BCUT2D eigenvalue weighted by atomic mass is 10.0. The number of rotatable bonds is 5. The van der Waals surface area contributed by atoms with Crippen molar-refractivity contribution in [2.75, 3.05) is 33.4 Å². The average Bonchev–Trinajstić information content (AvgIpc) is 3.70. The minimum absolute atomic E-state index is 0.0404. The maximum atomic E-state index is 12.8. The zero-order chi connectivity index (χ0) is 29.5. The van der Waals surface area contributed by atoms with Crippen LogP contribution in [0.5, 0.6) is 11.5 Å². The predicted octanol–water partition coefficient (Wildman–Crippen LogP) is 2.95. The van der Waals surface area contributed by atoms with Crippen LogP contribution in [0.3, 0.4) is 0 Å². The Morgan fingerprint density at radius 2 is 1.95 bits per heavy atom. The van der Waals surface area contributed by atoms with Crippen LogP contribution in [-0.4, -0.2) is 81.9 Å². The number of hydrogen-bond acceptors (Lipinski definition) is 6. The van der Waals surface area contributed by atoms with Gasteiger partial charge in [-0.25, -0.2) is 9.78 Å². The zero-order valence-corrected chi connectivity index (χ0v) is 22.0. The number of aromatic amines is 1. The number of pyridine rings is 1. The van der Waals surface area contributed by atoms with Crippen molar-refractivity contribution in [3.05, 3.63) is 42.7 Å². The van der Waals surface area contributed by atoms with E-state index < -0.39 is 12.1 Å². The number of aromatic nitrogens is 3. The van der Waals surface area contributed by atoms with Crippen molar-refractivity contribution < 1.29 is 42.1 Å². The number of carbonyl (C=O) groups excluding carboxylic acids is 2. The Kier molecular flexibility index (Phi) is 7.24. The number of fused-ring (bicyclic) bond motifs is 3. The van der Waals surface area contributed by atoms with E-state index in [0.29, 0.717) is 31.1 Å². The van der Waals surface area contributed by atoms with E-state index in [9.17, 15) is 22.8 Å². The van der Waals surface area contributed by atoms with Crippen molar-refractivity contribution in [2.24, 2.45) is 18.9 Å². The van der Waals surface area contributed by atoms with Gasteiger partial charge in [0.2, 0.25) is 5.91 Å². The number of alkyl halides is 3. The second kappa shape index (κ2) is 10.7. The summed E-state index contributed by atoms with van der Waals surface area (Å²) >= 11 is 0. The molecule has 3 aromatic heterocycles. The minimum atomic E-state index is -5.08. The van der Waals surface area contributed by atoms with Crippen LogP contribution < -0.4 is 14.8 Å². The third kappa shape index (κ3) is 5.49. The second-order valence-corrected chi connectivity index (χ2v) is 9.80. The molecule has 2 fully saturated rings. The molecule has 5 heterocycles. The van der Waals surface area contributed by atoms with Crippen molar-refractivity contribution in [1.29, 1.82) is 0 Å². The molecule has 2 atom stereocenters. The molecule has 1 aromatic carbocycles. The maximum absolute atomic E-state index is 12.8. The fraction of sp³-hybridized carbons (Fsp3) is 0.333. The number of H-pyrrole nitrogens is 1. The molecule has 3 N–H and O–H groups in total. The van der Waals surface area contributed by atoms with Gasteiger partial charge < -0.3 is 34.3 Å². The van der Waals surface area contributed by atoms with Crippen molar-refractivity contribution >= 4 is 39.7 Å². The van der Waals surface area contributed by atoms with E-state index in [0.717, 1.165) is 33.2 Å². The number of nitrogens with zero attached hydrogens (tertiary/aromatic N) is 3. The third-order valence-corrected chi connectivity index (χ3v) is 7.22. The molecule has 0 radical (unpaired) electrons. The molecule has 0 saturated carbocycles. The number of carboxylic acids is 1. The first-order valence-corrected chi connectivity index (χ1v) is 12.6. The molecule has 216 valence electrons. The van der Waals surface area contributed by atoms with Gasteiger partial charge in [-0.3, -0.25) is 9.59 Å². The molecule has 2 amide bonds. The summed E-state index contributed by atoms with van der Waals surface area (Å²) in [7, 11) is 3.56. The van der Waals surface area contributed by atoms with Crippen molar-refractivity contribution in [3.8, 4) is 22.8 Å². The fourth-order valence-electron chi connectivity index (χ4n) is 5.15. The number of aryl methyl sites for hydroxylation is 1. The lowest BCUT2D eigenvalue weighted by Gasteiger charge is -2.18. The van der Waals surface area contributed by atoms with Gasteiger partial charge in [-0.05, 0) is 24.3 Å². The molecule has 6 rings (SSSR count). The summed E-state index contributed by atoms with van der Waals surface area (Å²) in [4.78, 5) is 43.1. The van der Waals surface area contributed by atoms with E-state index in [2.05, 4.69) is 27.5 Å². The van der Waals surface area contributed by atoms with Gasteiger partial charge in [0.25, 0.3) is 5.91 Å². The van der Waals surface area contributed by atoms with Crippen molar-refractivity contribution in [1.82, 2.24) is 24.8 Å². The number of amides is 2. The van der Waals surface area contributed by atoms with E-state index in [4.69, 9.17) is 19.4 Å². The third-order valence-electron chi connectivity index (χ3n) is 7.22. The highest BCUT2D eigenvalue weighted by molar-refractivity contribution is 5.99. The SMILES string of the molecule is COc1cc2c(-c3cc4cccnc4[nH]3)cn(C)c2cc1OCC(=O)N1C[C@@H]2CNC(=O)[C@@H]2C1.O=C(O)C(F)(F)F. The molecule has 0 spiro atoms. The van der Waals surface area contributed by atoms with E-state index in [1.165, 1.54) is 0 Å². The molecule has 11 nitrogen and oxygen atoms in total. The summed E-state index contributed by atoms with van der Waals surface area (Å²) in [6.45, 7) is 1.58. The number of carbonyl (C=O) groups is 3. The average molecular weight is 574 g/mol. The van der Waals surface area contributed by atoms with Crippen LogP contribution in [0.2, 0.25) is 0 Å². The summed E-state index contributed by atoms with van der Waals surface area (Å²) in [5.74, 6) is -1.68. The highest BCUT2D eigenvalue weighted by Crippen LogP contribution is 2.38. The van der Waals surface area contributed by atoms with Gasteiger partial charge in [0.15, 0.2) is 18.1 Å². The monoisotopic (exact) mass is 573 g/mol. The van der Waals surface area contributed by atoms with Crippen LogP contribution in [0.4, 0.5) is 13.2 Å². The summed E-state index contributed by atoms with van der Waals surface area (Å²) in [5, 5.41) is 12.0. The number of benzene rings is 1. The molecule has 14 heteroatoms. The van der Waals surface area contributed by atoms with Gasteiger partial charge in [-0.2, -0.15) is 13.2 Å². The van der Waals surface area contributed by atoms with Crippen LogP contribution >= 0.6 is 0 Å². The first-order chi connectivity index (χ1) is 19.5. The lowest BCUT2D eigenvalue weighted by molar-refractivity contribution is -0.192. The second-order valence-electron chi connectivity index (χ2n) is 9.80. The molecule has 4 aromatic rings. The Labute approximate surface area is 230 Å². The van der Waals surface area contributed by atoms with E-state index in [1.807, 2.05) is 35.9 Å². The number of halogens is 3. The summed E-state index contributed by atoms with van der Waals surface area (Å²) in [6.07, 6.45) is -1.26. The molecule has 0 unspecified atom stereocenters. The van der Waals surface area contributed by atoms with Crippen LogP contribution in [0.15, 0.2) is 42.7 Å². The van der Waals surface area contributed by atoms with Crippen LogP contribution in [0.25, 0.3) is 33.2 Å². The number of likely N-dealkylation sites (tertiary alicyclic amines) is 1. The normalized spacial score (nSPS) is 18.2. The summed E-state index contributed by atoms with van der Waals surface area (Å²) in [5.41, 5.74) is 3.79. The zero-order valence-electron chi connectivity index (χ0n) is 22.0. The molecule has 2 aliphatic rings. The fourth-order valence-corrected chi connectivity index (χ4v) is 5.15. The number of hydrogen-bond donors (Lipinski definition) is 3. The van der Waals surface area contributed by atoms with Crippen LogP contribution in [-0.2, 0) is 21.4 Å².